The Hall–Kier alpha value is -2.19. The van der Waals surface area contributed by atoms with Crippen LogP contribution in [0.1, 0.15) is 5.69 Å². The van der Waals surface area contributed by atoms with Crippen LogP contribution in [0.3, 0.4) is 0 Å². The Morgan fingerprint density at radius 2 is 1.79 bits per heavy atom. The van der Waals surface area contributed by atoms with Crippen molar-refractivity contribution in [3.63, 3.8) is 0 Å². The van der Waals surface area contributed by atoms with Crippen LogP contribution in [0, 0.1) is 6.92 Å². The summed E-state index contributed by atoms with van der Waals surface area (Å²) in [7, 11) is -3.13. The molecule has 0 radical (unpaired) electrons. The third-order valence-corrected chi connectivity index (χ3v) is 5.72. The molecule has 24 heavy (non-hydrogen) atoms. The second kappa shape index (κ2) is 5.42. The number of piperazine rings is 1. The Bertz CT molecular complexity index is 1020. The first-order valence-electron chi connectivity index (χ1n) is 7.89. The molecule has 1 fully saturated rings. The van der Waals surface area contributed by atoms with Crippen molar-refractivity contribution in [3.8, 4) is 0 Å². The molecule has 1 aliphatic heterocycles. The van der Waals surface area contributed by atoms with E-state index >= 15 is 0 Å². The molecule has 4 rings (SSSR count). The first-order chi connectivity index (χ1) is 11.4. The van der Waals surface area contributed by atoms with E-state index in [0.717, 1.165) is 28.1 Å². The van der Waals surface area contributed by atoms with Crippen LogP contribution in [0.25, 0.3) is 16.6 Å². The standard InChI is InChI=1S/C16H19N5O2S/c1-12-11-15-17-16(13-5-3-4-6-14(13)21(15)18-12)19-7-9-20(10-8-19)24(2,22)23/h3-6,11H,7-10H2,1-2H3. The lowest BCUT2D eigenvalue weighted by atomic mass is 10.2. The van der Waals surface area contributed by atoms with Crippen LogP contribution >= 0.6 is 0 Å². The average Bonchev–Trinajstić information content (AvgIpc) is 2.94. The first-order valence-corrected chi connectivity index (χ1v) is 9.73. The average molecular weight is 345 g/mol. The number of nitrogens with zero attached hydrogens (tertiary/aromatic N) is 5. The van der Waals surface area contributed by atoms with Crippen LogP contribution < -0.4 is 4.90 Å². The van der Waals surface area contributed by atoms with Gasteiger partial charge in [-0.3, -0.25) is 0 Å². The van der Waals surface area contributed by atoms with Gasteiger partial charge in [-0.25, -0.2) is 17.9 Å². The second-order valence-electron chi connectivity index (χ2n) is 6.16. The van der Waals surface area contributed by atoms with Crippen LogP contribution in [0.5, 0.6) is 0 Å². The number of rotatable bonds is 2. The van der Waals surface area contributed by atoms with Gasteiger partial charge in [-0.2, -0.15) is 9.40 Å². The molecule has 3 heterocycles. The van der Waals surface area contributed by atoms with Gasteiger partial charge in [0.25, 0.3) is 0 Å². The Kier molecular flexibility index (Phi) is 3.47. The molecule has 1 saturated heterocycles. The zero-order valence-electron chi connectivity index (χ0n) is 13.7. The summed E-state index contributed by atoms with van der Waals surface area (Å²) in [6.07, 6.45) is 1.26. The van der Waals surface area contributed by atoms with Gasteiger partial charge < -0.3 is 4.90 Å². The summed E-state index contributed by atoms with van der Waals surface area (Å²) < 4.78 is 26.8. The molecule has 0 aliphatic carbocycles. The second-order valence-corrected chi connectivity index (χ2v) is 8.14. The highest BCUT2D eigenvalue weighted by Gasteiger charge is 2.25. The number of benzene rings is 1. The maximum absolute atomic E-state index is 11.7. The van der Waals surface area contributed by atoms with E-state index in [1.807, 2.05) is 41.8 Å². The molecule has 0 bridgehead atoms. The highest BCUT2D eigenvalue weighted by Crippen LogP contribution is 2.27. The molecule has 0 saturated carbocycles. The summed E-state index contributed by atoms with van der Waals surface area (Å²) in [6, 6.07) is 10.0. The predicted molar refractivity (Wildman–Crippen MR) is 93.9 cm³/mol. The normalized spacial score (nSPS) is 17.0. The SMILES string of the molecule is Cc1cc2nc(N3CCN(S(C)(=O)=O)CC3)c3ccccc3n2n1. The highest BCUT2D eigenvalue weighted by molar-refractivity contribution is 7.88. The number of aryl methyl sites for hydroxylation is 1. The van der Waals surface area contributed by atoms with Crippen LogP contribution in [0.15, 0.2) is 30.3 Å². The molecule has 0 spiro atoms. The number of hydrogen-bond acceptors (Lipinski definition) is 5. The molecule has 3 aromatic rings. The van der Waals surface area contributed by atoms with Gasteiger partial charge in [-0.15, -0.1) is 0 Å². The summed E-state index contributed by atoms with van der Waals surface area (Å²) in [6.45, 7) is 4.19. The highest BCUT2D eigenvalue weighted by atomic mass is 32.2. The molecular weight excluding hydrogens is 326 g/mol. The van der Waals surface area contributed by atoms with Gasteiger partial charge in [0, 0.05) is 37.6 Å². The number of aromatic nitrogens is 3. The van der Waals surface area contributed by atoms with E-state index in [2.05, 4.69) is 10.00 Å². The van der Waals surface area contributed by atoms with E-state index in [1.54, 1.807) is 0 Å². The number of sulfonamides is 1. The van der Waals surface area contributed by atoms with Gasteiger partial charge in [-0.05, 0) is 19.1 Å². The predicted octanol–water partition coefficient (Wildman–Crippen LogP) is 1.27. The Morgan fingerprint density at radius 3 is 2.50 bits per heavy atom. The smallest absolute Gasteiger partial charge is 0.211 e. The number of para-hydroxylation sites is 1. The largest absolute Gasteiger partial charge is 0.353 e. The van der Waals surface area contributed by atoms with E-state index in [4.69, 9.17) is 4.98 Å². The molecule has 2 aromatic heterocycles. The molecule has 8 heteroatoms. The molecule has 0 amide bonds. The first kappa shape index (κ1) is 15.3. The van der Waals surface area contributed by atoms with Crippen molar-refractivity contribution < 1.29 is 8.42 Å². The van der Waals surface area contributed by atoms with Crippen LogP contribution in [-0.4, -0.2) is 59.8 Å². The van der Waals surface area contributed by atoms with E-state index in [-0.39, 0.29) is 0 Å². The van der Waals surface area contributed by atoms with Crippen molar-refractivity contribution in [1.29, 1.82) is 0 Å². The molecule has 0 N–H and O–H groups in total. The zero-order chi connectivity index (χ0) is 16.9. The molecule has 1 aliphatic rings. The van der Waals surface area contributed by atoms with Crippen molar-refractivity contribution >= 4 is 32.4 Å². The van der Waals surface area contributed by atoms with Crippen molar-refractivity contribution in [2.75, 3.05) is 37.3 Å². The topological polar surface area (TPSA) is 70.8 Å². The van der Waals surface area contributed by atoms with E-state index in [1.165, 1.54) is 10.6 Å². The Labute approximate surface area is 140 Å². The number of fused-ring (bicyclic) bond motifs is 3. The van der Waals surface area contributed by atoms with Crippen molar-refractivity contribution in [2.45, 2.75) is 6.92 Å². The monoisotopic (exact) mass is 345 g/mol. The van der Waals surface area contributed by atoms with Crippen LogP contribution in [0.2, 0.25) is 0 Å². The fourth-order valence-corrected chi connectivity index (χ4v) is 4.06. The van der Waals surface area contributed by atoms with Crippen molar-refractivity contribution in [1.82, 2.24) is 18.9 Å². The minimum absolute atomic E-state index is 0.484. The zero-order valence-corrected chi connectivity index (χ0v) is 14.5. The third kappa shape index (κ3) is 2.51. The fraction of sp³-hybridized carbons (Fsp3) is 0.375. The molecule has 126 valence electrons. The summed E-state index contributed by atoms with van der Waals surface area (Å²) in [4.78, 5) is 6.95. The summed E-state index contributed by atoms with van der Waals surface area (Å²) in [5, 5.41) is 5.55. The molecule has 7 nitrogen and oxygen atoms in total. The summed E-state index contributed by atoms with van der Waals surface area (Å²) in [5.41, 5.74) is 2.74. The van der Waals surface area contributed by atoms with Gasteiger partial charge in [-0.1, -0.05) is 12.1 Å². The van der Waals surface area contributed by atoms with E-state index in [0.29, 0.717) is 26.2 Å². The van der Waals surface area contributed by atoms with Gasteiger partial charge in [0.1, 0.15) is 5.82 Å². The van der Waals surface area contributed by atoms with Crippen molar-refractivity contribution in [2.24, 2.45) is 0 Å². The lowest BCUT2D eigenvalue weighted by molar-refractivity contribution is 0.387. The fourth-order valence-electron chi connectivity index (χ4n) is 3.23. The Balaban J connectivity index is 1.79. The molecule has 0 unspecified atom stereocenters. The van der Waals surface area contributed by atoms with Crippen LogP contribution in [-0.2, 0) is 10.0 Å². The third-order valence-electron chi connectivity index (χ3n) is 4.41. The van der Waals surface area contributed by atoms with Gasteiger partial charge in [0.2, 0.25) is 10.0 Å². The molecule has 0 atom stereocenters. The summed E-state index contributed by atoms with van der Waals surface area (Å²) in [5.74, 6) is 0.895. The molecular formula is C16H19N5O2S. The number of hydrogen-bond donors (Lipinski definition) is 0. The lowest BCUT2D eigenvalue weighted by Crippen LogP contribution is -2.48. The quantitative estimate of drug-likeness (QED) is 0.700. The lowest BCUT2D eigenvalue weighted by Gasteiger charge is -2.34. The van der Waals surface area contributed by atoms with Gasteiger partial charge >= 0.3 is 0 Å². The van der Waals surface area contributed by atoms with Crippen molar-refractivity contribution in [3.05, 3.63) is 36.0 Å². The summed E-state index contributed by atoms with van der Waals surface area (Å²) >= 11 is 0. The Morgan fingerprint density at radius 1 is 1.08 bits per heavy atom. The maximum Gasteiger partial charge on any atom is 0.211 e. The van der Waals surface area contributed by atoms with Gasteiger partial charge in [0.05, 0.1) is 17.5 Å². The van der Waals surface area contributed by atoms with E-state index < -0.39 is 10.0 Å². The minimum atomic E-state index is -3.13. The van der Waals surface area contributed by atoms with E-state index in [9.17, 15) is 8.42 Å². The minimum Gasteiger partial charge on any atom is -0.353 e. The molecule has 1 aromatic carbocycles. The van der Waals surface area contributed by atoms with Crippen LogP contribution in [0.4, 0.5) is 5.82 Å². The number of anilines is 1. The maximum atomic E-state index is 11.7. The van der Waals surface area contributed by atoms with Gasteiger partial charge in [0.15, 0.2) is 5.65 Å².